The average molecular weight is 258 g/mol. The maximum atomic E-state index is 11.0. The van der Waals surface area contributed by atoms with Crippen LogP contribution in [0.25, 0.3) is 11.1 Å². The number of aromatic nitrogens is 2. The molecule has 0 atom stereocenters. The van der Waals surface area contributed by atoms with E-state index in [9.17, 15) is 9.59 Å². The van der Waals surface area contributed by atoms with E-state index in [1.54, 1.807) is 30.6 Å². The Labute approximate surface area is 108 Å². The summed E-state index contributed by atoms with van der Waals surface area (Å²) >= 11 is 0. The third kappa shape index (κ3) is 2.74. The number of carbonyl (C=O) groups is 2. The summed E-state index contributed by atoms with van der Waals surface area (Å²) in [5, 5.41) is 17.9. The molecule has 19 heavy (non-hydrogen) atoms. The quantitative estimate of drug-likeness (QED) is 0.804. The van der Waals surface area contributed by atoms with Crippen LogP contribution in [0.5, 0.6) is 0 Å². The van der Waals surface area contributed by atoms with Gasteiger partial charge in [0.2, 0.25) is 0 Å². The summed E-state index contributed by atoms with van der Waals surface area (Å²) in [5.74, 6) is -4.54. The lowest BCUT2D eigenvalue weighted by Crippen LogP contribution is -2.22. The van der Waals surface area contributed by atoms with Crippen LogP contribution in [0.3, 0.4) is 0 Å². The molecule has 0 spiro atoms. The monoisotopic (exact) mass is 258 g/mol. The summed E-state index contributed by atoms with van der Waals surface area (Å²) in [6.45, 7) is 0. The Hall–Kier alpha value is -2.76. The highest BCUT2D eigenvalue weighted by Crippen LogP contribution is 2.22. The van der Waals surface area contributed by atoms with E-state index in [0.29, 0.717) is 5.56 Å². The van der Waals surface area contributed by atoms with Gasteiger partial charge in [-0.05, 0) is 35.4 Å². The first-order valence-corrected chi connectivity index (χ1v) is 5.41. The van der Waals surface area contributed by atoms with Crippen molar-refractivity contribution in [3.63, 3.8) is 0 Å². The summed E-state index contributed by atoms with van der Waals surface area (Å²) in [6.07, 6.45) is 4.59. The van der Waals surface area contributed by atoms with Crippen molar-refractivity contribution in [2.24, 2.45) is 0 Å². The van der Waals surface area contributed by atoms with Crippen molar-refractivity contribution in [3.8, 4) is 11.1 Å². The number of carboxylic acids is 2. The van der Waals surface area contributed by atoms with Gasteiger partial charge in [-0.1, -0.05) is 0 Å². The molecule has 96 valence electrons. The highest BCUT2D eigenvalue weighted by atomic mass is 16.4. The van der Waals surface area contributed by atoms with Gasteiger partial charge in [0.1, 0.15) is 0 Å². The predicted molar refractivity (Wildman–Crippen MR) is 65.5 cm³/mol. The first-order chi connectivity index (χ1) is 9.09. The molecule has 0 aliphatic carbocycles. The fourth-order valence-electron chi connectivity index (χ4n) is 1.69. The summed E-state index contributed by atoms with van der Waals surface area (Å²) < 4.78 is 0. The van der Waals surface area contributed by atoms with Crippen LogP contribution in [0.15, 0.2) is 42.9 Å². The van der Waals surface area contributed by atoms with E-state index < -0.39 is 17.9 Å². The van der Waals surface area contributed by atoms with Crippen molar-refractivity contribution in [2.45, 2.75) is 5.92 Å². The number of nitrogens with zero attached hydrogens (tertiary/aromatic N) is 2. The molecule has 0 radical (unpaired) electrons. The Morgan fingerprint density at radius 2 is 1.53 bits per heavy atom. The minimum Gasteiger partial charge on any atom is -0.480 e. The second kappa shape index (κ2) is 5.26. The molecule has 0 unspecified atom stereocenters. The molecule has 0 fully saturated rings. The molecule has 0 saturated carbocycles. The maximum Gasteiger partial charge on any atom is 0.324 e. The number of aliphatic carboxylic acids is 2. The largest absolute Gasteiger partial charge is 0.480 e. The van der Waals surface area contributed by atoms with Crippen LogP contribution in [0, 0.1) is 0 Å². The van der Waals surface area contributed by atoms with Crippen molar-refractivity contribution >= 4 is 11.9 Å². The zero-order chi connectivity index (χ0) is 13.8. The second-order valence-electron chi connectivity index (χ2n) is 3.81. The van der Waals surface area contributed by atoms with Gasteiger partial charge in [0.25, 0.3) is 0 Å². The van der Waals surface area contributed by atoms with Gasteiger partial charge in [0.15, 0.2) is 5.92 Å². The molecule has 6 heteroatoms. The Kier molecular flexibility index (Phi) is 3.51. The molecule has 0 saturated heterocycles. The standard InChI is InChI=1S/C13H10N2O4/c16-12(17)11(13(18)19)10-7-9(3-6-15-10)8-1-4-14-5-2-8/h1-7,11H,(H,16,17)(H,18,19). The molecule has 0 aliphatic rings. The lowest BCUT2D eigenvalue weighted by molar-refractivity contribution is -0.150. The third-order valence-electron chi connectivity index (χ3n) is 2.58. The van der Waals surface area contributed by atoms with Gasteiger partial charge in [-0.15, -0.1) is 0 Å². The third-order valence-corrected chi connectivity index (χ3v) is 2.58. The van der Waals surface area contributed by atoms with Gasteiger partial charge in [0.05, 0.1) is 5.69 Å². The highest BCUT2D eigenvalue weighted by Gasteiger charge is 2.29. The summed E-state index contributed by atoms with van der Waals surface area (Å²) in [6, 6.07) is 6.63. The Bertz CT molecular complexity index is 599. The van der Waals surface area contributed by atoms with E-state index in [1.165, 1.54) is 12.3 Å². The molecule has 0 aliphatic heterocycles. The minimum atomic E-state index is -1.67. The average Bonchev–Trinajstić information content (AvgIpc) is 2.39. The topological polar surface area (TPSA) is 100 Å². The van der Waals surface area contributed by atoms with E-state index in [2.05, 4.69) is 9.97 Å². The molecular weight excluding hydrogens is 248 g/mol. The molecule has 2 aromatic heterocycles. The molecule has 2 aromatic rings. The molecule has 2 rings (SSSR count). The van der Waals surface area contributed by atoms with Gasteiger partial charge in [-0.2, -0.15) is 0 Å². The van der Waals surface area contributed by atoms with Gasteiger partial charge < -0.3 is 10.2 Å². The zero-order valence-electron chi connectivity index (χ0n) is 9.72. The van der Waals surface area contributed by atoms with Crippen molar-refractivity contribution in [3.05, 3.63) is 48.5 Å². The number of hydrogen-bond acceptors (Lipinski definition) is 4. The lowest BCUT2D eigenvalue weighted by atomic mass is 10.0. The summed E-state index contributed by atoms with van der Waals surface area (Å²) in [7, 11) is 0. The van der Waals surface area contributed by atoms with Crippen molar-refractivity contribution in [2.75, 3.05) is 0 Å². The number of hydrogen-bond donors (Lipinski definition) is 2. The van der Waals surface area contributed by atoms with Gasteiger partial charge in [0, 0.05) is 18.6 Å². The number of pyridine rings is 2. The van der Waals surface area contributed by atoms with Crippen LogP contribution in [0.4, 0.5) is 0 Å². The van der Waals surface area contributed by atoms with Crippen LogP contribution >= 0.6 is 0 Å². The molecule has 0 amide bonds. The fourth-order valence-corrected chi connectivity index (χ4v) is 1.69. The fraction of sp³-hybridized carbons (Fsp3) is 0.0769. The highest BCUT2D eigenvalue weighted by molar-refractivity contribution is 5.98. The summed E-state index contributed by atoms with van der Waals surface area (Å²) in [5.41, 5.74) is 1.50. The van der Waals surface area contributed by atoms with Crippen LogP contribution in [-0.4, -0.2) is 32.1 Å². The van der Waals surface area contributed by atoms with E-state index in [-0.39, 0.29) is 5.69 Å². The SMILES string of the molecule is O=C(O)C(C(=O)O)c1cc(-c2ccncc2)ccn1. The molecular formula is C13H10N2O4. The van der Waals surface area contributed by atoms with E-state index in [4.69, 9.17) is 10.2 Å². The molecule has 0 aromatic carbocycles. The van der Waals surface area contributed by atoms with Crippen LogP contribution in [0.2, 0.25) is 0 Å². The maximum absolute atomic E-state index is 11.0. The van der Waals surface area contributed by atoms with Crippen molar-refractivity contribution in [1.29, 1.82) is 0 Å². The normalized spacial score (nSPS) is 10.4. The second-order valence-corrected chi connectivity index (χ2v) is 3.81. The van der Waals surface area contributed by atoms with Crippen molar-refractivity contribution < 1.29 is 19.8 Å². The molecule has 0 bridgehead atoms. The first-order valence-electron chi connectivity index (χ1n) is 5.41. The Morgan fingerprint density at radius 1 is 0.947 bits per heavy atom. The molecule has 2 N–H and O–H groups in total. The lowest BCUT2D eigenvalue weighted by Gasteiger charge is -2.08. The zero-order valence-corrected chi connectivity index (χ0v) is 9.72. The Balaban J connectivity index is 2.45. The van der Waals surface area contributed by atoms with Gasteiger partial charge in [-0.3, -0.25) is 19.6 Å². The van der Waals surface area contributed by atoms with Crippen LogP contribution in [-0.2, 0) is 9.59 Å². The van der Waals surface area contributed by atoms with Crippen LogP contribution in [0.1, 0.15) is 11.6 Å². The van der Waals surface area contributed by atoms with E-state index in [0.717, 1.165) is 5.56 Å². The van der Waals surface area contributed by atoms with E-state index >= 15 is 0 Å². The number of carboxylic acid groups (broad SMARTS) is 2. The molecule has 6 nitrogen and oxygen atoms in total. The smallest absolute Gasteiger partial charge is 0.324 e. The first kappa shape index (κ1) is 12.7. The van der Waals surface area contributed by atoms with E-state index in [1.807, 2.05) is 0 Å². The summed E-state index contributed by atoms with van der Waals surface area (Å²) in [4.78, 5) is 29.6. The van der Waals surface area contributed by atoms with Crippen LogP contribution < -0.4 is 0 Å². The van der Waals surface area contributed by atoms with Gasteiger partial charge in [-0.25, -0.2) is 0 Å². The molecule has 2 heterocycles. The Morgan fingerprint density at radius 3 is 2.11 bits per heavy atom. The van der Waals surface area contributed by atoms with Crippen molar-refractivity contribution in [1.82, 2.24) is 9.97 Å². The van der Waals surface area contributed by atoms with Gasteiger partial charge >= 0.3 is 11.9 Å². The number of rotatable bonds is 4. The predicted octanol–water partition coefficient (Wildman–Crippen LogP) is 1.40. The minimum absolute atomic E-state index is 0.00527.